The van der Waals surface area contributed by atoms with Gasteiger partial charge in [-0.25, -0.2) is 0 Å². The molecular weight excluding hydrogens is 266 g/mol. The lowest BCUT2D eigenvalue weighted by molar-refractivity contribution is -0.122. The van der Waals surface area contributed by atoms with Gasteiger partial charge >= 0.3 is 0 Å². The van der Waals surface area contributed by atoms with Crippen LogP contribution in [0.25, 0.3) is 0 Å². The van der Waals surface area contributed by atoms with Crippen molar-refractivity contribution in [1.82, 2.24) is 15.1 Å². The minimum Gasteiger partial charge on any atom is -0.395 e. The smallest absolute Gasteiger partial charge is 0.234 e. The van der Waals surface area contributed by atoms with Crippen molar-refractivity contribution in [3.8, 4) is 0 Å². The quantitative estimate of drug-likeness (QED) is 0.615. The lowest BCUT2D eigenvalue weighted by atomic mass is 9.95. The second kappa shape index (κ2) is 9.92. The van der Waals surface area contributed by atoms with Crippen molar-refractivity contribution in [2.75, 3.05) is 45.9 Å². The second-order valence-electron chi connectivity index (χ2n) is 6.12. The molecule has 0 bridgehead atoms. The molecule has 0 unspecified atom stereocenters. The minimum atomic E-state index is 0.0810. The van der Waals surface area contributed by atoms with Gasteiger partial charge in [0.1, 0.15) is 0 Å². The van der Waals surface area contributed by atoms with Crippen LogP contribution in [0, 0.1) is 5.92 Å². The molecule has 1 saturated heterocycles. The number of piperidine rings is 1. The lowest BCUT2D eigenvalue weighted by Crippen LogP contribution is -2.44. The first-order chi connectivity index (χ1) is 10.1. The average molecular weight is 297 g/mol. The van der Waals surface area contributed by atoms with Crippen LogP contribution in [0.1, 0.15) is 26.7 Å². The summed E-state index contributed by atoms with van der Waals surface area (Å²) in [6.45, 7) is 13.0. The topological polar surface area (TPSA) is 55.8 Å². The molecule has 5 nitrogen and oxygen atoms in total. The zero-order chi connectivity index (χ0) is 15.7. The third-order valence-electron chi connectivity index (χ3n) is 4.13. The Bertz CT molecular complexity index is 313. The van der Waals surface area contributed by atoms with Crippen LogP contribution in [-0.4, -0.2) is 72.7 Å². The van der Waals surface area contributed by atoms with E-state index in [-0.39, 0.29) is 12.5 Å². The number of aliphatic hydroxyl groups excluding tert-OH is 1. The van der Waals surface area contributed by atoms with Crippen molar-refractivity contribution in [3.63, 3.8) is 0 Å². The van der Waals surface area contributed by atoms with E-state index in [1.165, 1.54) is 0 Å². The largest absolute Gasteiger partial charge is 0.395 e. The van der Waals surface area contributed by atoms with E-state index >= 15 is 0 Å². The van der Waals surface area contributed by atoms with E-state index in [4.69, 9.17) is 5.11 Å². The van der Waals surface area contributed by atoms with Gasteiger partial charge in [0.15, 0.2) is 0 Å². The predicted octanol–water partition coefficient (Wildman–Crippen LogP) is 0.703. The van der Waals surface area contributed by atoms with E-state index in [1.807, 2.05) is 0 Å². The Labute approximate surface area is 129 Å². The van der Waals surface area contributed by atoms with Crippen LogP contribution in [0.4, 0.5) is 0 Å². The van der Waals surface area contributed by atoms with Gasteiger partial charge in [-0.05, 0) is 45.7 Å². The van der Waals surface area contributed by atoms with Gasteiger partial charge in [-0.1, -0.05) is 6.08 Å². The summed E-state index contributed by atoms with van der Waals surface area (Å²) in [4.78, 5) is 16.2. The van der Waals surface area contributed by atoms with Crippen molar-refractivity contribution in [2.24, 2.45) is 5.92 Å². The van der Waals surface area contributed by atoms with Gasteiger partial charge in [0, 0.05) is 25.7 Å². The second-order valence-corrected chi connectivity index (χ2v) is 6.12. The third-order valence-corrected chi connectivity index (χ3v) is 4.13. The molecule has 21 heavy (non-hydrogen) atoms. The fraction of sp³-hybridized carbons (Fsp3) is 0.812. The minimum absolute atomic E-state index is 0.0810. The standard InChI is InChI=1S/C16H31N3O2/c1-4-7-17-16(21)13-18-8-5-15(6-9-18)12-19(10-11-20)14(2)3/h4,14-15,20H,1,5-13H2,2-3H3,(H,17,21). The number of carbonyl (C=O) groups excluding carboxylic acids is 1. The summed E-state index contributed by atoms with van der Waals surface area (Å²) in [5.41, 5.74) is 0. The van der Waals surface area contributed by atoms with Crippen LogP contribution in [-0.2, 0) is 4.79 Å². The maximum absolute atomic E-state index is 11.7. The highest BCUT2D eigenvalue weighted by molar-refractivity contribution is 5.78. The van der Waals surface area contributed by atoms with E-state index < -0.39 is 0 Å². The molecule has 0 aromatic rings. The molecule has 1 aliphatic heterocycles. The Hall–Kier alpha value is -0.910. The molecule has 1 amide bonds. The molecule has 0 saturated carbocycles. The Balaban J connectivity index is 2.28. The predicted molar refractivity (Wildman–Crippen MR) is 86.2 cm³/mol. The SMILES string of the molecule is C=CCNC(=O)CN1CCC(CN(CCO)C(C)C)CC1. The van der Waals surface area contributed by atoms with Crippen LogP contribution in [0.5, 0.6) is 0 Å². The van der Waals surface area contributed by atoms with E-state index in [2.05, 4.69) is 35.5 Å². The molecule has 5 heteroatoms. The first-order valence-electron chi connectivity index (χ1n) is 8.01. The summed E-state index contributed by atoms with van der Waals surface area (Å²) in [6, 6.07) is 0.472. The summed E-state index contributed by atoms with van der Waals surface area (Å²) in [5, 5.41) is 11.9. The normalized spacial score (nSPS) is 17.4. The summed E-state index contributed by atoms with van der Waals surface area (Å²) in [6.07, 6.45) is 3.96. The highest BCUT2D eigenvalue weighted by Crippen LogP contribution is 2.19. The fourth-order valence-electron chi connectivity index (χ4n) is 2.79. The van der Waals surface area contributed by atoms with Crippen molar-refractivity contribution < 1.29 is 9.90 Å². The van der Waals surface area contributed by atoms with Gasteiger partial charge in [-0.3, -0.25) is 14.6 Å². The molecule has 1 fully saturated rings. The number of hydrogen-bond donors (Lipinski definition) is 2. The zero-order valence-corrected chi connectivity index (χ0v) is 13.6. The number of amides is 1. The molecule has 0 radical (unpaired) electrons. The zero-order valence-electron chi connectivity index (χ0n) is 13.6. The summed E-state index contributed by atoms with van der Waals surface area (Å²) in [7, 11) is 0. The van der Waals surface area contributed by atoms with Crippen molar-refractivity contribution in [3.05, 3.63) is 12.7 Å². The number of nitrogens with one attached hydrogen (secondary N) is 1. The van der Waals surface area contributed by atoms with E-state index in [1.54, 1.807) is 6.08 Å². The van der Waals surface area contributed by atoms with Crippen molar-refractivity contribution >= 4 is 5.91 Å². The van der Waals surface area contributed by atoms with Crippen LogP contribution in [0.3, 0.4) is 0 Å². The molecule has 0 spiro atoms. The van der Waals surface area contributed by atoms with Gasteiger partial charge in [-0.2, -0.15) is 0 Å². The Kier molecular flexibility index (Phi) is 8.57. The van der Waals surface area contributed by atoms with E-state index in [0.717, 1.165) is 39.0 Å². The monoisotopic (exact) mass is 297 g/mol. The number of hydrogen-bond acceptors (Lipinski definition) is 4. The van der Waals surface area contributed by atoms with Gasteiger partial charge in [0.25, 0.3) is 0 Å². The maximum atomic E-state index is 11.7. The molecule has 1 rings (SSSR count). The summed E-state index contributed by atoms with van der Waals surface area (Å²) in [5.74, 6) is 0.754. The van der Waals surface area contributed by atoms with E-state index in [9.17, 15) is 4.79 Å². The van der Waals surface area contributed by atoms with Gasteiger partial charge in [0.2, 0.25) is 5.91 Å². The van der Waals surface area contributed by atoms with Crippen LogP contribution >= 0.6 is 0 Å². The lowest BCUT2D eigenvalue weighted by Gasteiger charge is -2.35. The molecule has 122 valence electrons. The Morgan fingerprint density at radius 3 is 2.67 bits per heavy atom. The van der Waals surface area contributed by atoms with Crippen LogP contribution < -0.4 is 5.32 Å². The number of likely N-dealkylation sites (tertiary alicyclic amines) is 1. The first-order valence-corrected chi connectivity index (χ1v) is 8.01. The summed E-state index contributed by atoms with van der Waals surface area (Å²) >= 11 is 0. The van der Waals surface area contributed by atoms with Crippen LogP contribution in [0.2, 0.25) is 0 Å². The number of carbonyl (C=O) groups is 1. The highest BCUT2D eigenvalue weighted by atomic mass is 16.3. The molecule has 0 aliphatic carbocycles. The summed E-state index contributed by atoms with van der Waals surface area (Å²) < 4.78 is 0. The number of aliphatic hydroxyl groups is 1. The molecule has 1 aliphatic rings. The first kappa shape index (κ1) is 18.1. The van der Waals surface area contributed by atoms with Crippen molar-refractivity contribution in [2.45, 2.75) is 32.7 Å². The Morgan fingerprint density at radius 2 is 2.14 bits per heavy atom. The number of rotatable bonds is 9. The van der Waals surface area contributed by atoms with Gasteiger partial charge in [-0.15, -0.1) is 6.58 Å². The van der Waals surface area contributed by atoms with Crippen LogP contribution in [0.15, 0.2) is 12.7 Å². The molecule has 0 aromatic heterocycles. The number of nitrogens with zero attached hydrogens (tertiary/aromatic N) is 2. The average Bonchev–Trinajstić information content (AvgIpc) is 2.46. The molecular formula is C16H31N3O2. The Morgan fingerprint density at radius 1 is 1.48 bits per heavy atom. The van der Waals surface area contributed by atoms with Gasteiger partial charge < -0.3 is 10.4 Å². The van der Waals surface area contributed by atoms with Gasteiger partial charge in [0.05, 0.1) is 13.2 Å². The molecule has 1 heterocycles. The third kappa shape index (κ3) is 7.07. The fourth-order valence-corrected chi connectivity index (χ4v) is 2.79. The maximum Gasteiger partial charge on any atom is 0.234 e. The molecule has 0 aromatic carbocycles. The van der Waals surface area contributed by atoms with E-state index in [0.29, 0.717) is 25.0 Å². The molecule has 0 atom stereocenters. The van der Waals surface area contributed by atoms with Crippen molar-refractivity contribution in [1.29, 1.82) is 0 Å². The highest BCUT2D eigenvalue weighted by Gasteiger charge is 2.23. The molecule has 2 N–H and O–H groups in total.